The van der Waals surface area contributed by atoms with E-state index in [0.29, 0.717) is 16.4 Å². The molecule has 2 rings (SSSR count). The van der Waals surface area contributed by atoms with Crippen molar-refractivity contribution in [2.45, 2.75) is 0 Å². The summed E-state index contributed by atoms with van der Waals surface area (Å²) in [6, 6.07) is 6.58. The molecule has 0 aliphatic carbocycles. The van der Waals surface area contributed by atoms with Gasteiger partial charge in [-0.25, -0.2) is 0 Å². The van der Waals surface area contributed by atoms with Gasteiger partial charge < -0.3 is 9.84 Å². The molecule has 0 bridgehead atoms. The van der Waals surface area contributed by atoms with Crippen molar-refractivity contribution in [3.8, 4) is 0 Å². The molecule has 2 aromatic rings. The Morgan fingerprint density at radius 1 is 1.44 bits per heavy atom. The predicted molar refractivity (Wildman–Crippen MR) is 63.6 cm³/mol. The number of anilines is 1. The van der Waals surface area contributed by atoms with E-state index in [0.717, 1.165) is 4.47 Å². The van der Waals surface area contributed by atoms with Gasteiger partial charge in [0.25, 0.3) is 5.91 Å². The molecule has 16 heavy (non-hydrogen) atoms. The molecule has 1 heterocycles. The summed E-state index contributed by atoms with van der Waals surface area (Å²) >= 11 is 9.18. The van der Waals surface area contributed by atoms with Crippen molar-refractivity contribution in [3.63, 3.8) is 0 Å². The summed E-state index contributed by atoms with van der Waals surface area (Å²) in [5.74, 6) is 0.0150. The first kappa shape index (κ1) is 11.2. The molecular formula is C10H6BrClN2O2. The quantitative estimate of drug-likeness (QED) is 0.925. The summed E-state index contributed by atoms with van der Waals surface area (Å²) in [6.07, 6.45) is 1.37. The first-order valence-corrected chi connectivity index (χ1v) is 5.50. The number of carbonyl (C=O) groups excluding carboxylic acids is 1. The number of benzene rings is 1. The third kappa shape index (κ3) is 2.43. The van der Waals surface area contributed by atoms with Gasteiger partial charge in [0.1, 0.15) is 6.26 Å². The van der Waals surface area contributed by atoms with Gasteiger partial charge in [0, 0.05) is 10.5 Å². The lowest BCUT2D eigenvalue weighted by Crippen LogP contribution is -2.12. The molecular weight excluding hydrogens is 295 g/mol. The second-order valence-electron chi connectivity index (χ2n) is 2.96. The van der Waals surface area contributed by atoms with E-state index in [4.69, 9.17) is 11.6 Å². The van der Waals surface area contributed by atoms with Crippen molar-refractivity contribution in [1.29, 1.82) is 0 Å². The van der Waals surface area contributed by atoms with Crippen LogP contribution in [0, 0.1) is 0 Å². The molecule has 0 radical (unpaired) electrons. The number of hydrogen-bond acceptors (Lipinski definition) is 3. The van der Waals surface area contributed by atoms with Crippen LogP contribution in [0.1, 0.15) is 10.4 Å². The SMILES string of the molecule is O=C(Nc1ccon1)c1cc(Br)ccc1Cl. The van der Waals surface area contributed by atoms with Gasteiger partial charge in [0.15, 0.2) is 5.82 Å². The summed E-state index contributed by atoms with van der Waals surface area (Å²) in [6.45, 7) is 0. The number of rotatable bonds is 2. The molecule has 4 nitrogen and oxygen atoms in total. The van der Waals surface area contributed by atoms with E-state index < -0.39 is 0 Å². The van der Waals surface area contributed by atoms with Crippen molar-refractivity contribution in [2.75, 3.05) is 5.32 Å². The number of carbonyl (C=O) groups is 1. The highest BCUT2D eigenvalue weighted by Gasteiger charge is 2.12. The van der Waals surface area contributed by atoms with Gasteiger partial charge >= 0.3 is 0 Å². The minimum Gasteiger partial charge on any atom is -0.363 e. The van der Waals surface area contributed by atoms with Crippen LogP contribution >= 0.6 is 27.5 Å². The van der Waals surface area contributed by atoms with Crippen LogP contribution < -0.4 is 5.32 Å². The third-order valence-electron chi connectivity index (χ3n) is 1.85. The van der Waals surface area contributed by atoms with E-state index >= 15 is 0 Å². The standard InChI is InChI=1S/C10H6BrClN2O2/c11-6-1-2-8(12)7(5-6)10(15)13-9-3-4-16-14-9/h1-5H,(H,13,14,15). The Morgan fingerprint density at radius 2 is 2.25 bits per heavy atom. The van der Waals surface area contributed by atoms with E-state index in [2.05, 4.69) is 30.9 Å². The molecule has 0 saturated carbocycles. The fourth-order valence-corrected chi connectivity index (χ4v) is 1.70. The molecule has 1 amide bonds. The molecule has 0 aliphatic heterocycles. The number of nitrogens with zero attached hydrogens (tertiary/aromatic N) is 1. The summed E-state index contributed by atoms with van der Waals surface area (Å²) in [7, 11) is 0. The van der Waals surface area contributed by atoms with Crippen LogP contribution in [0.15, 0.2) is 39.5 Å². The Labute approximate surface area is 105 Å². The van der Waals surface area contributed by atoms with Crippen molar-refractivity contribution in [3.05, 3.63) is 45.6 Å². The maximum Gasteiger partial charge on any atom is 0.258 e. The van der Waals surface area contributed by atoms with Gasteiger partial charge in [-0.3, -0.25) is 4.79 Å². The minimum atomic E-state index is -0.333. The first-order valence-electron chi connectivity index (χ1n) is 4.33. The summed E-state index contributed by atoms with van der Waals surface area (Å²) in [5.41, 5.74) is 0.374. The molecule has 1 aromatic carbocycles. The third-order valence-corrected chi connectivity index (χ3v) is 2.68. The van der Waals surface area contributed by atoms with Crippen molar-refractivity contribution in [2.24, 2.45) is 0 Å². The van der Waals surface area contributed by atoms with Gasteiger partial charge in [0.2, 0.25) is 0 Å². The topological polar surface area (TPSA) is 55.1 Å². The zero-order chi connectivity index (χ0) is 11.5. The number of halogens is 2. The molecule has 0 unspecified atom stereocenters. The van der Waals surface area contributed by atoms with Crippen LogP contribution in [0.25, 0.3) is 0 Å². The lowest BCUT2D eigenvalue weighted by atomic mass is 10.2. The van der Waals surface area contributed by atoms with Crippen LogP contribution in [0.5, 0.6) is 0 Å². The largest absolute Gasteiger partial charge is 0.363 e. The van der Waals surface area contributed by atoms with Crippen LogP contribution in [0.2, 0.25) is 5.02 Å². The molecule has 6 heteroatoms. The molecule has 0 atom stereocenters. The summed E-state index contributed by atoms with van der Waals surface area (Å²) in [4.78, 5) is 11.8. The highest BCUT2D eigenvalue weighted by Crippen LogP contribution is 2.21. The Morgan fingerprint density at radius 3 is 2.94 bits per heavy atom. The lowest BCUT2D eigenvalue weighted by Gasteiger charge is -2.04. The van der Waals surface area contributed by atoms with Crippen LogP contribution in [-0.4, -0.2) is 11.1 Å². The fraction of sp³-hybridized carbons (Fsp3) is 0. The maximum atomic E-state index is 11.8. The van der Waals surface area contributed by atoms with Gasteiger partial charge in [-0.15, -0.1) is 0 Å². The highest BCUT2D eigenvalue weighted by atomic mass is 79.9. The van der Waals surface area contributed by atoms with Crippen LogP contribution in [-0.2, 0) is 0 Å². The first-order chi connectivity index (χ1) is 7.66. The zero-order valence-electron chi connectivity index (χ0n) is 7.91. The van der Waals surface area contributed by atoms with Crippen LogP contribution in [0.4, 0.5) is 5.82 Å². The predicted octanol–water partition coefficient (Wildman–Crippen LogP) is 3.34. The fourth-order valence-electron chi connectivity index (χ4n) is 1.13. The number of nitrogens with one attached hydrogen (secondary N) is 1. The molecule has 1 aromatic heterocycles. The molecule has 82 valence electrons. The smallest absolute Gasteiger partial charge is 0.258 e. The average molecular weight is 302 g/mol. The Balaban J connectivity index is 2.24. The normalized spacial score (nSPS) is 10.1. The lowest BCUT2D eigenvalue weighted by molar-refractivity contribution is 0.102. The Bertz CT molecular complexity index is 514. The van der Waals surface area contributed by atoms with E-state index in [9.17, 15) is 4.79 Å². The van der Waals surface area contributed by atoms with Crippen molar-refractivity contribution >= 4 is 39.3 Å². The average Bonchev–Trinajstić information content (AvgIpc) is 2.74. The summed E-state index contributed by atoms with van der Waals surface area (Å²) < 4.78 is 5.38. The minimum absolute atomic E-state index is 0.333. The van der Waals surface area contributed by atoms with E-state index in [-0.39, 0.29) is 5.91 Å². The zero-order valence-corrected chi connectivity index (χ0v) is 10.2. The monoisotopic (exact) mass is 300 g/mol. The second kappa shape index (κ2) is 4.67. The molecule has 0 saturated heterocycles. The van der Waals surface area contributed by atoms with Crippen molar-refractivity contribution < 1.29 is 9.32 Å². The van der Waals surface area contributed by atoms with Gasteiger partial charge in [0.05, 0.1) is 10.6 Å². The maximum absolute atomic E-state index is 11.8. The number of aromatic nitrogens is 1. The van der Waals surface area contributed by atoms with Gasteiger partial charge in [-0.05, 0) is 18.2 Å². The van der Waals surface area contributed by atoms with Crippen LogP contribution in [0.3, 0.4) is 0 Å². The van der Waals surface area contributed by atoms with Gasteiger partial charge in [-0.1, -0.05) is 32.7 Å². The summed E-state index contributed by atoms with van der Waals surface area (Å²) in [5, 5.41) is 6.51. The molecule has 0 aliphatic rings. The Hall–Kier alpha value is -1.33. The molecule has 1 N–H and O–H groups in total. The molecule has 0 spiro atoms. The van der Waals surface area contributed by atoms with E-state index in [1.54, 1.807) is 24.3 Å². The van der Waals surface area contributed by atoms with E-state index in [1.807, 2.05) is 0 Å². The van der Waals surface area contributed by atoms with Gasteiger partial charge in [-0.2, -0.15) is 0 Å². The number of hydrogen-bond donors (Lipinski definition) is 1. The number of amides is 1. The van der Waals surface area contributed by atoms with E-state index in [1.165, 1.54) is 6.26 Å². The Kier molecular flexibility index (Phi) is 3.26. The second-order valence-corrected chi connectivity index (χ2v) is 4.29. The molecule has 0 fully saturated rings. The van der Waals surface area contributed by atoms with Crippen molar-refractivity contribution in [1.82, 2.24) is 5.16 Å². The highest BCUT2D eigenvalue weighted by molar-refractivity contribution is 9.10.